The number of aliphatic carboxylic acids is 1. The van der Waals surface area contributed by atoms with Gasteiger partial charge in [-0.15, -0.1) is 0 Å². The van der Waals surface area contributed by atoms with Gasteiger partial charge in [-0.05, 0) is 50.8 Å². The Labute approximate surface area is 172 Å². The smallest absolute Gasteiger partial charge is 0.411 e. The van der Waals surface area contributed by atoms with Crippen molar-refractivity contribution in [3.8, 4) is 0 Å². The summed E-state index contributed by atoms with van der Waals surface area (Å²) in [6.45, 7) is 7.71. The van der Waals surface area contributed by atoms with Gasteiger partial charge in [0.05, 0.1) is 0 Å². The van der Waals surface area contributed by atoms with Crippen molar-refractivity contribution in [1.29, 1.82) is 0 Å². The van der Waals surface area contributed by atoms with E-state index in [0.717, 1.165) is 16.7 Å². The van der Waals surface area contributed by atoms with Crippen LogP contribution in [-0.4, -0.2) is 39.8 Å². The van der Waals surface area contributed by atoms with E-state index in [1.54, 1.807) is 20.8 Å². The van der Waals surface area contributed by atoms with Gasteiger partial charge in [-0.2, -0.15) is 0 Å². The van der Waals surface area contributed by atoms with Crippen molar-refractivity contribution >= 4 is 12.1 Å². The van der Waals surface area contributed by atoms with Crippen LogP contribution >= 0.6 is 0 Å². The van der Waals surface area contributed by atoms with Crippen molar-refractivity contribution < 1.29 is 19.4 Å². The van der Waals surface area contributed by atoms with Crippen LogP contribution in [0.2, 0.25) is 0 Å². The lowest BCUT2D eigenvalue weighted by molar-refractivity contribution is -0.149. The number of amides is 1. The van der Waals surface area contributed by atoms with Crippen LogP contribution < -0.4 is 0 Å². The van der Waals surface area contributed by atoms with Gasteiger partial charge in [0.15, 0.2) is 0 Å². The molecule has 0 saturated carbocycles. The second-order valence-electron chi connectivity index (χ2n) is 8.85. The Morgan fingerprint density at radius 1 is 1.10 bits per heavy atom. The molecule has 3 rings (SSSR count). The summed E-state index contributed by atoms with van der Waals surface area (Å²) in [6.07, 6.45) is 0.0125. The minimum Gasteiger partial charge on any atom is -0.479 e. The minimum atomic E-state index is -1.35. The molecule has 29 heavy (non-hydrogen) atoms. The Morgan fingerprint density at radius 2 is 1.72 bits per heavy atom. The lowest BCUT2D eigenvalue weighted by Crippen LogP contribution is -2.55. The third-order valence-corrected chi connectivity index (χ3v) is 5.48. The van der Waals surface area contributed by atoms with E-state index in [1.807, 2.05) is 61.5 Å². The molecule has 1 amide bonds. The van der Waals surface area contributed by atoms with E-state index >= 15 is 0 Å². The van der Waals surface area contributed by atoms with Crippen LogP contribution in [0.3, 0.4) is 0 Å². The molecule has 5 nitrogen and oxygen atoms in total. The number of nitrogens with zero attached hydrogens (tertiary/aromatic N) is 1. The number of hydrogen-bond acceptors (Lipinski definition) is 3. The van der Waals surface area contributed by atoms with Gasteiger partial charge < -0.3 is 9.84 Å². The lowest BCUT2D eigenvalue weighted by atomic mass is 9.83. The number of carbonyl (C=O) groups excluding carboxylic acids is 1. The van der Waals surface area contributed by atoms with Gasteiger partial charge in [0, 0.05) is 18.9 Å². The average Bonchev–Trinajstić information content (AvgIpc) is 3.02. The number of hydrogen-bond donors (Lipinski definition) is 1. The van der Waals surface area contributed by atoms with Crippen LogP contribution in [0, 0.1) is 6.92 Å². The van der Waals surface area contributed by atoms with E-state index in [-0.39, 0.29) is 12.3 Å². The maximum atomic E-state index is 13.1. The number of aryl methyl sites for hydroxylation is 1. The Bertz CT molecular complexity index is 887. The number of likely N-dealkylation sites (tertiary alicyclic amines) is 1. The summed E-state index contributed by atoms with van der Waals surface area (Å²) >= 11 is 0. The highest BCUT2D eigenvalue weighted by Gasteiger charge is 2.55. The molecule has 0 spiro atoms. The second-order valence-corrected chi connectivity index (χ2v) is 8.85. The summed E-state index contributed by atoms with van der Waals surface area (Å²) in [4.78, 5) is 27.1. The van der Waals surface area contributed by atoms with E-state index < -0.39 is 23.2 Å². The molecule has 1 fully saturated rings. The zero-order valence-electron chi connectivity index (χ0n) is 17.5. The summed E-state index contributed by atoms with van der Waals surface area (Å²) in [6, 6.07) is 17.4. The van der Waals surface area contributed by atoms with Crippen LogP contribution in [0.25, 0.3) is 0 Å². The van der Waals surface area contributed by atoms with Gasteiger partial charge in [0.25, 0.3) is 0 Å². The van der Waals surface area contributed by atoms with Gasteiger partial charge in [0.1, 0.15) is 11.1 Å². The van der Waals surface area contributed by atoms with E-state index in [4.69, 9.17) is 4.74 Å². The zero-order chi connectivity index (χ0) is 21.2. The first kappa shape index (κ1) is 20.9. The maximum absolute atomic E-state index is 13.1. The number of rotatable bonds is 4. The predicted molar refractivity (Wildman–Crippen MR) is 112 cm³/mol. The average molecular weight is 395 g/mol. The Hall–Kier alpha value is -2.82. The predicted octanol–water partition coefficient (Wildman–Crippen LogP) is 4.79. The molecule has 0 radical (unpaired) electrons. The first-order valence-corrected chi connectivity index (χ1v) is 9.96. The molecule has 1 aliphatic rings. The number of carbonyl (C=O) groups is 2. The molecule has 2 aromatic carbocycles. The van der Waals surface area contributed by atoms with Crippen LogP contribution in [0.1, 0.15) is 49.8 Å². The molecular weight excluding hydrogens is 366 g/mol. The number of carboxylic acids is 1. The molecule has 0 bridgehead atoms. The van der Waals surface area contributed by atoms with E-state index in [1.165, 1.54) is 4.90 Å². The topological polar surface area (TPSA) is 66.8 Å². The monoisotopic (exact) mass is 395 g/mol. The summed E-state index contributed by atoms with van der Waals surface area (Å²) in [7, 11) is 0. The standard InChI is InChI=1S/C24H29NO4/c1-17-10-8-9-13-20(17)19-15-24(21(26)27,14-18-11-6-5-7-12-18)25(16-19)22(28)29-23(2,3)4/h5-13,19H,14-16H2,1-4H3,(H,26,27)/t19-,24-/m1/s1. The molecule has 1 heterocycles. The zero-order valence-corrected chi connectivity index (χ0v) is 17.5. The fourth-order valence-electron chi connectivity index (χ4n) is 4.18. The summed E-state index contributed by atoms with van der Waals surface area (Å²) in [5.41, 5.74) is 1.01. The number of carboxylic acid groups (broad SMARTS) is 1. The molecule has 0 unspecified atom stereocenters. The first-order valence-electron chi connectivity index (χ1n) is 9.96. The largest absolute Gasteiger partial charge is 0.479 e. The lowest BCUT2D eigenvalue weighted by Gasteiger charge is -2.35. The quantitative estimate of drug-likeness (QED) is 0.809. The summed E-state index contributed by atoms with van der Waals surface area (Å²) < 4.78 is 5.60. The molecule has 0 aromatic heterocycles. The van der Waals surface area contributed by atoms with Crippen LogP contribution in [0.4, 0.5) is 4.79 Å². The van der Waals surface area contributed by atoms with Gasteiger partial charge >= 0.3 is 12.1 Å². The SMILES string of the molecule is Cc1ccccc1[C@H]1CN(C(=O)OC(C)(C)C)[C@@](Cc2ccccc2)(C(=O)O)C1. The fourth-order valence-corrected chi connectivity index (χ4v) is 4.18. The molecule has 1 saturated heterocycles. The highest BCUT2D eigenvalue weighted by molar-refractivity contribution is 5.86. The van der Waals surface area contributed by atoms with Crippen molar-refractivity contribution in [2.24, 2.45) is 0 Å². The molecular formula is C24H29NO4. The summed E-state index contributed by atoms with van der Waals surface area (Å²) in [5.74, 6) is -1.06. The van der Waals surface area contributed by atoms with Crippen molar-refractivity contribution in [2.45, 2.75) is 57.6 Å². The molecule has 1 aliphatic heterocycles. The van der Waals surface area contributed by atoms with Gasteiger partial charge in [-0.3, -0.25) is 4.90 Å². The minimum absolute atomic E-state index is 0.0662. The van der Waals surface area contributed by atoms with E-state index in [2.05, 4.69) is 0 Å². The molecule has 5 heteroatoms. The van der Waals surface area contributed by atoms with Crippen molar-refractivity contribution in [3.05, 3.63) is 71.3 Å². The number of ether oxygens (including phenoxy) is 1. The Balaban J connectivity index is 2.03. The second kappa shape index (κ2) is 7.90. The molecule has 2 aromatic rings. The van der Waals surface area contributed by atoms with Gasteiger partial charge in [-0.25, -0.2) is 9.59 Å². The maximum Gasteiger partial charge on any atom is 0.411 e. The van der Waals surface area contributed by atoms with Crippen molar-refractivity contribution in [1.82, 2.24) is 4.90 Å². The third kappa shape index (κ3) is 4.44. The highest BCUT2D eigenvalue weighted by atomic mass is 16.6. The normalized spacial score (nSPS) is 21.8. The first-order chi connectivity index (χ1) is 13.6. The van der Waals surface area contributed by atoms with Crippen molar-refractivity contribution in [3.63, 3.8) is 0 Å². The van der Waals surface area contributed by atoms with E-state index in [9.17, 15) is 14.7 Å². The van der Waals surface area contributed by atoms with Gasteiger partial charge in [0.2, 0.25) is 0 Å². The molecule has 0 aliphatic carbocycles. The van der Waals surface area contributed by atoms with Crippen LogP contribution in [-0.2, 0) is 16.0 Å². The molecule has 154 valence electrons. The fraction of sp³-hybridized carbons (Fsp3) is 0.417. The van der Waals surface area contributed by atoms with Crippen LogP contribution in [0.5, 0.6) is 0 Å². The Kier molecular flexibility index (Phi) is 5.69. The summed E-state index contributed by atoms with van der Waals surface area (Å²) in [5, 5.41) is 10.3. The number of benzene rings is 2. The van der Waals surface area contributed by atoms with Crippen molar-refractivity contribution in [2.75, 3.05) is 6.54 Å². The van der Waals surface area contributed by atoms with Crippen LogP contribution in [0.15, 0.2) is 54.6 Å². The molecule has 1 N–H and O–H groups in total. The molecule has 2 atom stereocenters. The third-order valence-electron chi connectivity index (χ3n) is 5.48. The Morgan fingerprint density at radius 3 is 2.31 bits per heavy atom. The highest BCUT2D eigenvalue weighted by Crippen LogP contribution is 2.43. The van der Waals surface area contributed by atoms with Gasteiger partial charge in [-0.1, -0.05) is 54.6 Å². The van der Waals surface area contributed by atoms with E-state index in [0.29, 0.717) is 13.0 Å².